The highest BCUT2D eigenvalue weighted by atomic mass is 32.2. The number of Topliss-reactive ketones (excluding diaryl/α,β-unsaturated/α-hetero) is 1. The molecule has 1 unspecified atom stereocenters. The molecule has 1 fully saturated rings. The largest absolute Gasteiger partial charge is 0.497 e. The number of rotatable bonds is 10. The second-order valence-electron chi connectivity index (χ2n) is 13.6. The van der Waals surface area contributed by atoms with Crippen molar-refractivity contribution < 1.29 is 28.7 Å². The quantitative estimate of drug-likeness (QED) is 0.0766. The van der Waals surface area contributed by atoms with Gasteiger partial charge in [-0.25, -0.2) is 14.7 Å². The molecule has 0 spiro atoms. The summed E-state index contributed by atoms with van der Waals surface area (Å²) in [5, 5.41) is 9.88. The molecule has 1 aromatic heterocycles. The molecule has 10 heteroatoms. The molecule has 2 aliphatic rings. The monoisotopic (exact) mass is 755 g/mol. The van der Waals surface area contributed by atoms with E-state index in [-0.39, 0.29) is 23.5 Å². The fourth-order valence-corrected chi connectivity index (χ4v) is 8.18. The highest BCUT2D eigenvalue weighted by Gasteiger charge is 2.41. The average molecular weight is 756 g/mol. The van der Waals surface area contributed by atoms with Crippen molar-refractivity contribution in [1.29, 1.82) is 5.26 Å². The molecular formula is C46H33N3O6S. The fourth-order valence-electron chi connectivity index (χ4n) is 7.05. The number of carbonyl (C=O) groups is 4. The summed E-state index contributed by atoms with van der Waals surface area (Å²) in [6, 6.07) is 38.9. The van der Waals surface area contributed by atoms with Crippen molar-refractivity contribution in [3.05, 3.63) is 155 Å². The fraction of sp³-hybridized carbons (Fsp3) is 0.130. The zero-order valence-corrected chi connectivity index (χ0v) is 31.3. The Morgan fingerprint density at radius 2 is 1.52 bits per heavy atom. The number of esters is 1. The van der Waals surface area contributed by atoms with Crippen LogP contribution in [0.15, 0.2) is 126 Å². The third-order valence-electron chi connectivity index (χ3n) is 10.0. The van der Waals surface area contributed by atoms with Crippen molar-refractivity contribution in [2.24, 2.45) is 0 Å². The van der Waals surface area contributed by atoms with Gasteiger partial charge < -0.3 is 9.47 Å². The number of aryl methyl sites for hydroxylation is 1. The Hall–Kier alpha value is -6.83. The minimum atomic E-state index is -0.844. The van der Waals surface area contributed by atoms with Gasteiger partial charge in [0.25, 0.3) is 0 Å². The molecule has 2 heterocycles. The van der Waals surface area contributed by atoms with Crippen molar-refractivity contribution in [3.8, 4) is 45.3 Å². The number of amides is 2. The molecule has 0 saturated carbocycles. The first-order valence-electron chi connectivity index (χ1n) is 17.9. The van der Waals surface area contributed by atoms with Gasteiger partial charge in [-0.1, -0.05) is 78.0 Å². The molecule has 1 atom stereocenters. The normalized spacial score (nSPS) is 14.2. The van der Waals surface area contributed by atoms with Crippen molar-refractivity contribution in [2.75, 3.05) is 18.6 Å². The van der Waals surface area contributed by atoms with Gasteiger partial charge in [0, 0.05) is 23.1 Å². The Morgan fingerprint density at radius 3 is 2.25 bits per heavy atom. The molecule has 0 bridgehead atoms. The van der Waals surface area contributed by atoms with Crippen LogP contribution in [0.25, 0.3) is 33.5 Å². The summed E-state index contributed by atoms with van der Waals surface area (Å²) < 4.78 is 10.7. The lowest BCUT2D eigenvalue weighted by atomic mass is 9.98. The molecule has 8 rings (SSSR count). The Labute approximate surface area is 327 Å². The number of ketones is 1. The van der Waals surface area contributed by atoms with Crippen LogP contribution in [0.5, 0.6) is 5.75 Å². The zero-order valence-electron chi connectivity index (χ0n) is 30.4. The number of hydrogen-bond donors (Lipinski definition) is 0. The highest BCUT2D eigenvalue weighted by Crippen LogP contribution is 2.40. The lowest BCUT2D eigenvalue weighted by molar-refractivity contribution is -0.121. The molecule has 0 N–H and O–H groups in total. The second kappa shape index (κ2) is 15.1. The van der Waals surface area contributed by atoms with Gasteiger partial charge in [0.2, 0.25) is 11.8 Å². The number of aromatic nitrogens is 1. The van der Waals surface area contributed by atoms with E-state index in [1.807, 2.05) is 85.8 Å². The van der Waals surface area contributed by atoms with E-state index in [0.717, 1.165) is 56.5 Å². The van der Waals surface area contributed by atoms with Gasteiger partial charge in [-0.05, 0) is 102 Å². The van der Waals surface area contributed by atoms with E-state index in [1.165, 1.54) is 29.8 Å². The Morgan fingerprint density at radius 1 is 0.821 bits per heavy atom. The van der Waals surface area contributed by atoms with Gasteiger partial charge in [-0.15, -0.1) is 0 Å². The molecule has 0 radical (unpaired) electrons. The van der Waals surface area contributed by atoms with Crippen LogP contribution in [0, 0.1) is 18.3 Å². The van der Waals surface area contributed by atoms with Crippen LogP contribution in [0.3, 0.4) is 0 Å². The third kappa shape index (κ3) is 6.96. The van der Waals surface area contributed by atoms with Crippen LogP contribution >= 0.6 is 11.8 Å². The zero-order chi connectivity index (χ0) is 38.9. The van der Waals surface area contributed by atoms with E-state index < -0.39 is 29.6 Å². The molecule has 274 valence electrons. The third-order valence-corrected chi connectivity index (χ3v) is 11.2. The molecule has 5 aromatic carbocycles. The van der Waals surface area contributed by atoms with E-state index in [2.05, 4.69) is 18.2 Å². The molecule has 1 aliphatic carbocycles. The number of thioether (sulfide) groups is 1. The first-order chi connectivity index (χ1) is 27.2. The number of carbonyl (C=O) groups excluding carboxylic acids is 4. The average Bonchev–Trinajstić information content (AvgIpc) is 3.74. The number of anilines is 1. The van der Waals surface area contributed by atoms with E-state index in [1.54, 1.807) is 13.2 Å². The highest BCUT2D eigenvalue weighted by molar-refractivity contribution is 8.00. The van der Waals surface area contributed by atoms with Crippen molar-refractivity contribution in [3.63, 3.8) is 0 Å². The summed E-state index contributed by atoms with van der Waals surface area (Å²) in [6.07, 6.45) is 0.633. The molecule has 1 saturated heterocycles. The Balaban J connectivity index is 0.970. The minimum Gasteiger partial charge on any atom is -0.497 e. The number of pyridine rings is 1. The summed E-state index contributed by atoms with van der Waals surface area (Å²) in [5.41, 5.74) is 9.69. The Kier molecular flexibility index (Phi) is 9.77. The number of benzene rings is 5. The minimum absolute atomic E-state index is 0.108. The van der Waals surface area contributed by atoms with Crippen LogP contribution in [-0.4, -0.2) is 47.5 Å². The van der Waals surface area contributed by atoms with Crippen LogP contribution in [0.4, 0.5) is 5.69 Å². The summed E-state index contributed by atoms with van der Waals surface area (Å²) in [4.78, 5) is 59.0. The summed E-state index contributed by atoms with van der Waals surface area (Å²) in [6.45, 7) is 1.55. The molecular weight excluding hydrogens is 723 g/mol. The summed E-state index contributed by atoms with van der Waals surface area (Å²) in [5.74, 6) is -1.23. The summed E-state index contributed by atoms with van der Waals surface area (Å²) >= 11 is 1.08. The number of imide groups is 1. The van der Waals surface area contributed by atoms with E-state index >= 15 is 0 Å². The van der Waals surface area contributed by atoms with Crippen molar-refractivity contribution in [1.82, 2.24) is 4.98 Å². The van der Waals surface area contributed by atoms with Gasteiger partial charge in [-0.3, -0.25) is 14.4 Å². The van der Waals surface area contributed by atoms with Gasteiger partial charge >= 0.3 is 5.97 Å². The van der Waals surface area contributed by atoms with Crippen LogP contribution in [0.1, 0.15) is 49.4 Å². The smallest absolute Gasteiger partial charge is 0.338 e. The molecule has 2 amide bonds. The molecule has 9 nitrogen and oxygen atoms in total. The maximum atomic E-state index is 13.8. The van der Waals surface area contributed by atoms with Gasteiger partial charge in [0.1, 0.15) is 16.8 Å². The number of nitrogens with zero attached hydrogens (tertiary/aromatic N) is 3. The summed E-state index contributed by atoms with van der Waals surface area (Å²) in [7, 11) is 1.59. The van der Waals surface area contributed by atoms with E-state index in [4.69, 9.17) is 14.5 Å². The lowest BCUT2D eigenvalue weighted by Crippen LogP contribution is -2.31. The molecule has 56 heavy (non-hydrogen) atoms. The number of nitriles is 1. The van der Waals surface area contributed by atoms with Gasteiger partial charge in [-0.2, -0.15) is 5.26 Å². The van der Waals surface area contributed by atoms with Gasteiger partial charge in [0.15, 0.2) is 12.4 Å². The lowest BCUT2D eigenvalue weighted by Gasteiger charge is -2.17. The van der Waals surface area contributed by atoms with Crippen LogP contribution in [0.2, 0.25) is 0 Å². The topological polar surface area (TPSA) is 127 Å². The second-order valence-corrected chi connectivity index (χ2v) is 14.8. The van der Waals surface area contributed by atoms with E-state index in [0.29, 0.717) is 33.2 Å². The number of ether oxygens (including phenoxy) is 2. The maximum Gasteiger partial charge on any atom is 0.338 e. The van der Waals surface area contributed by atoms with E-state index in [9.17, 15) is 24.4 Å². The number of fused-ring (bicyclic) bond motifs is 3. The van der Waals surface area contributed by atoms with Crippen LogP contribution in [-0.2, 0) is 20.7 Å². The standard InChI is InChI=1S/C46H33N3O6S/c1-27-7-9-28(10-8-27)38-23-40(29-13-18-35(54-2)19-14-29)48-44(39(38)25-47)56-42-24-43(51)49(45(42)52)34-16-11-30(12-17-34)46(53)55-26-41(50)32-15-20-37-33(22-32)21-31-5-3-4-6-36(31)37/h3-20,22-23,42H,21,24,26H2,1-2H3. The predicted octanol–water partition coefficient (Wildman–Crippen LogP) is 8.64. The van der Waals surface area contributed by atoms with Gasteiger partial charge in [0.05, 0.1) is 34.9 Å². The molecule has 1 aliphatic heterocycles. The molecule has 6 aromatic rings. The first-order valence-corrected chi connectivity index (χ1v) is 18.8. The van der Waals surface area contributed by atoms with Crippen molar-refractivity contribution in [2.45, 2.75) is 30.0 Å². The maximum absolute atomic E-state index is 13.8. The predicted molar refractivity (Wildman–Crippen MR) is 214 cm³/mol. The SMILES string of the molecule is COc1ccc(-c2cc(-c3ccc(C)cc3)c(C#N)c(SC3CC(=O)N(c4ccc(C(=O)OCC(=O)c5ccc6c(c5)Cc5ccccc5-6)cc4)C3=O)n2)cc1. The van der Waals surface area contributed by atoms with Crippen LogP contribution < -0.4 is 9.64 Å². The number of hydrogen-bond acceptors (Lipinski definition) is 9. The first kappa shape index (κ1) is 36.2. The number of methoxy groups -OCH3 is 1. The van der Waals surface area contributed by atoms with Crippen molar-refractivity contribution >= 4 is 41.0 Å². The Bertz CT molecular complexity index is 2600.